The Hall–Kier alpha value is -1.26. The summed E-state index contributed by atoms with van der Waals surface area (Å²) >= 11 is 0. The van der Waals surface area contributed by atoms with Gasteiger partial charge in [0.05, 0.1) is 6.54 Å². The van der Waals surface area contributed by atoms with Gasteiger partial charge in [0.1, 0.15) is 5.60 Å². The zero-order valence-electron chi connectivity index (χ0n) is 8.42. The minimum atomic E-state index is -0.637. The van der Waals surface area contributed by atoms with Gasteiger partial charge in [-0.1, -0.05) is 0 Å². The Bertz CT molecular complexity index is 208. The van der Waals surface area contributed by atoms with E-state index >= 15 is 0 Å². The largest absolute Gasteiger partial charge is 0.443 e. The summed E-state index contributed by atoms with van der Waals surface area (Å²) in [6, 6.07) is 0. The minimum Gasteiger partial charge on any atom is -0.443 e. The number of hydrogen-bond acceptors (Lipinski definition) is 3. The highest BCUT2D eigenvalue weighted by molar-refractivity contribution is 5.92. The van der Waals surface area contributed by atoms with Gasteiger partial charge < -0.3 is 10.5 Å². The number of rotatable bonds is 1. The molecular formula is C8H16N3O2. The van der Waals surface area contributed by atoms with Crippen LogP contribution in [0.2, 0.25) is 0 Å². The summed E-state index contributed by atoms with van der Waals surface area (Å²) in [6.07, 6.45) is -0.637. The normalized spacial score (nSPS) is 10.8. The molecule has 13 heavy (non-hydrogen) atoms. The number of carbonyl (C=O) groups excluding carboxylic acids is 1. The van der Waals surface area contributed by atoms with Crippen LogP contribution in [0.25, 0.3) is 0 Å². The van der Waals surface area contributed by atoms with Crippen molar-refractivity contribution in [1.29, 1.82) is 5.41 Å². The van der Waals surface area contributed by atoms with E-state index < -0.39 is 11.7 Å². The number of guanidine groups is 1. The van der Waals surface area contributed by atoms with Gasteiger partial charge in [-0.25, -0.2) is 9.69 Å². The average Bonchev–Trinajstić information content (AvgIpc) is 1.82. The molecule has 0 bridgehead atoms. The van der Waals surface area contributed by atoms with Crippen molar-refractivity contribution < 1.29 is 9.53 Å². The molecule has 5 nitrogen and oxygen atoms in total. The van der Waals surface area contributed by atoms with Gasteiger partial charge in [0.2, 0.25) is 0 Å². The summed E-state index contributed by atoms with van der Waals surface area (Å²) in [4.78, 5) is 12.2. The Morgan fingerprint density at radius 3 is 2.23 bits per heavy atom. The molecule has 1 amide bonds. The summed E-state index contributed by atoms with van der Waals surface area (Å²) in [6.45, 7) is 8.23. The van der Waals surface area contributed by atoms with Gasteiger partial charge in [0.25, 0.3) is 0 Å². The van der Waals surface area contributed by atoms with Crippen molar-refractivity contribution in [2.24, 2.45) is 5.73 Å². The second kappa shape index (κ2) is 4.11. The van der Waals surface area contributed by atoms with Crippen molar-refractivity contribution in [3.05, 3.63) is 6.54 Å². The number of hydrogen-bond donors (Lipinski definition) is 2. The number of nitrogens with one attached hydrogen (secondary N) is 1. The lowest BCUT2D eigenvalue weighted by Crippen LogP contribution is -2.41. The Balaban J connectivity index is 4.32. The molecule has 1 radical (unpaired) electrons. The second-order valence-electron chi connectivity index (χ2n) is 3.49. The van der Waals surface area contributed by atoms with Crippen LogP contribution >= 0.6 is 0 Å². The fourth-order valence-corrected chi connectivity index (χ4v) is 0.654. The van der Waals surface area contributed by atoms with Crippen LogP contribution in [0, 0.1) is 12.0 Å². The summed E-state index contributed by atoms with van der Waals surface area (Å²) in [7, 11) is 0. The van der Waals surface area contributed by atoms with E-state index in [-0.39, 0.29) is 5.96 Å². The highest BCUT2D eigenvalue weighted by Gasteiger charge is 2.22. The molecule has 0 aliphatic rings. The molecule has 0 aromatic heterocycles. The van der Waals surface area contributed by atoms with Gasteiger partial charge in [0.15, 0.2) is 5.96 Å². The molecule has 3 N–H and O–H groups in total. The van der Waals surface area contributed by atoms with Crippen LogP contribution in [-0.2, 0) is 4.74 Å². The highest BCUT2D eigenvalue weighted by atomic mass is 16.6. The molecule has 0 unspecified atom stereocenters. The lowest BCUT2D eigenvalue weighted by molar-refractivity contribution is 0.0404. The second-order valence-corrected chi connectivity index (χ2v) is 3.49. The molecule has 0 aliphatic heterocycles. The molecule has 0 aliphatic carbocycles. The van der Waals surface area contributed by atoms with E-state index in [0.717, 1.165) is 4.90 Å². The molecule has 0 heterocycles. The first-order chi connectivity index (χ1) is 5.78. The Morgan fingerprint density at radius 2 is 2.00 bits per heavy atom. The number of carbonyl (C=O) groups is 1. The van der Waals surface area contributed by atoms with Crippen LogP contribution in [0.15, 0.2) is 0 Å². The van der Waals surface area contributed by atoms with Crippen molar-refractivity contribution in [1.82, 2.24) is 4.90 Å². The van der Waals surface area contributed by atoms with Gasteiger partial charge in [0, 0.05) is 0 Å². The minimum absolute atomic E-state index is 0.350. The Morgan fingerprint density at radius 1 is 1.54 bits per heavy atom. The predicted octanol–water partition coefficient (Wildman–Crippen LogP) is 1.30. The van der Waals surface area contributed by atoms with Crippen molar-refractivity contribution >= 4 is 12.1 Å². The molecule has 0 rings (SSSR count). The van der Waals surface area contributed by atoms with E-state index in [1.165, 1.54) is 6.54 Å². The van der Waals surface area contributed by atoms with Crippen molar-refractivity contribution in [3.8, 4) is 0 Å². The molecule has 0 saturated heterocycles. The number of ether oxygens (including phenoxy) is 1. The zero-order valence-corrected chi connectivity index (χ0v) is 8.42. The average molecular weight is 186 g/mol. The number of nitrogens with zero attached hydrogens (tertiary/aromatic N) is 1. The predicted molar refractivity (Wildman–Crippen MR) is 50.0 cm³/mol. The smallest absolute Gasteiger partial charge is 0.417 e. The van der Waals surface area contributed by atoms with E-state index in [9.17, 15) is 4.79 Å². The van der Waals surface area contributed by atoms with E-state index in [0.29, 0.717) is 0 Å². The third-order valence-corrected chi connectivity index (χ3v) is 1.11. The third kappa shape index (κ3) is 4.35. The van der Waals surface area contributed by atoms with Crippen LogP contribution < -0.4 is 5.73 Å². The van der Waals surface area contributed by atoms with Gasteiger partial charge >= 0.3 is 6.09 Å². The summed E-state index contributed by atoms with van der Waals surface area (Å²) in [5.41, 5.74) is 4.57. The van der Waals surface area contributed by atoms with E-state index in [2.05, 4.69) is 0 Å². The summed E-state index contributed by atoms with van der Waals surface area (Å²) in [5.74, 6) is -0.350. The Kier molecular flexibility index (Phi) is 3.71. The monoisotopic (exact) mass is 186 g/mol. The maximum atomic E-state index is 11.3. The maximum absolute atomic E-state index is 11.3. The first kappa shape index (κ1) is 11.7. The first-order valence-electron chi connectivity index (χ1n) is 3.93. The molecule has 5 heteroatoms. The Labute approximate surface area is 78.4 Å². The van der Waals surface area contributed by atoms with Crippen LogP contribution in [0.4, 0.5) is 4.79 Å². The first-order valence-corrected chi connectivity index (χ1v) is 3.93. The molecule has 0 fully saturated rings. The zero-order chi connectivity index (χ0) is 10.6. The van der Waals surface area contributed by atoms with E-state index in [1.807, 2.05) is 0 Å². The van der Waals surface area contributed by atoms with Gasteiger partial charge in [-0.3, -0.25) is 5.41 Å². The molecule has 0 saturated carbocycles. The fourth-order valence-electron chi connectivity index (χ4n) is 0.654. The molecular weight excluding hydrogens is 170 g/mol. The quantitative estimate of drug-likeness (QED) is 0.478. The van der Waals surface area contributed by atoms with Crippen LogP contribution in [0.5, 0.6) is 0 Å². The van der Waals surface area contributed by atoms with Crippen LogP contribution in [0.3, 0.4) is 0 Å². The highest BCUT2D eigenvalue weighted by Crippen LogP contribution is 2.10. The topological polar surface area (TPSA) is 79.4 Å². The SMILES string of the molecule is C[CH]N(C(=N)N)C(=O)OC(C)(C)C. The summed E-state index contributed by atoms with van der Waals surface area (Å²) in [5, 5.41) is 7.06. The van der Waals surface area contributed by atoms with Gasteiger partial charge in [-0.05, 0) is 27.7 Å². The van der Waals surface area contributed by atoms with Crippen molar-refractivity contribution in [2.75, 3.05) is 0 Å². The molecule has 0 aromatic rings. The molecule has 0 spiro atoms. The lowest BCUT2D eigenvalue weighted by Gasteiger charge is -2.24. The number of nitrogens with two attached hydrogens (primary N) is 1. The third-order valence-electron chi connectivity index (χ3n) is 1.11. The fraction of sp³-hybridized carbons (Fsp3) is 0.625. The van der Waals surface area contributed by atoms with Crippen LogP contribution in [0.1, 0.15) is 27.7 Å². The van der Waals surface area contributed by atoms with E-state index in [4.69, 9.17) is 15.9 Å². The van der Waals surface area contributed by atoms with Crippen molar-refractivity contribution in [3.63, 3.8) is 0 Å². The van der Waals surface area contributed by atoms with Gasteiger partial charge in [-0.2, -0.15) is 0 Å². The number of amides is 1. The van der Waals surface area contributed by atoms with Crippen LogP contribution in [-0.4, -0.2) is 22.6 Å². The van der Waals surface area contributed by atoms with E-state index in [1.54, 1.807) is 27.7 Å². The van der Waals surface area contributed by atoms with Crippen molar-refractivity contribution in [2.45, 2.75) is 33.3 Å². The molecule has 75 valence electrons. The lowest BCUT2D eigenvalue weighted by atomic mass is 10.2. The molecule has 0 aromatic carbocycles. The van der Waals surface area contributed by atoms with Gasteiger partial charge in [-0.15, -0.1) is 0 Å². The summed E-state index contributed by atoms with van der Waals surface area (Å²) < 4.78 is 4.99. The molecule has 0 atom stereocenters. The standard InChI is InChI=1S/C8H16N3O2/c1-5-11(6(9)10)7(12)13-8(2,3)4/h5H,1-4H3,(H3,9,10). The maximum Gasteiger partial charge on any atom is 0.417 e.